The minimum Gasteiger partial charge on any atom is -0.480 e. The molecule has 0 aromatic carbocycles. The molecule has 3 N–H and O–H groups in total. The molecule has 1 amide bonds. The van der Waals surface area contributed by atoms with Crippen LogP contribution >= 0.6 is 0 Å². The number of nitrogens with one attached hydrogen (secondary N) is 2. The van der Waals surface area contributed by atoms with Crippen LogP contribution in [-0.2, 0) is 9.53 Å². The lowest BCUT2D eigenvalue weighted by molar-refractivity contribution is -0.140. The van der Waals surface area contributed by atoms with Gasteiger partial charge in [0.05, 0.1) is 0 Å². The second-order valence-corrected chi connectivity index (χ2v) is 5.97. The molecule has 0 aromatic rings. The molecule has 19 heavy (non-hydrogen) atoms. The van der Waals surface area contributed by atoms with E-state index in [9.17, 15) is 9.59 Å². The number of piperidine rings is 1. The molecule has 6 heteroatoms. The molecule has 1 saturated heterocycles. The number of rotatable bonds is 4. The number of hydrogen-bond acceptors (Lipinski definition) is 4. The van der Waals surface area contributed by atoms with Gasteiger partial charge in [0.1, 0.15) is 11.6 Å². The van der Waals surface area contributed by atoms with Crippen LogP contribution in [0.15, 0.2) is 0 Å². The maximum absolute atomic E-state index is 11.6. The summed E-state index contributed by atoms with van der Waals surface area (Å²) in [6.07, 6.45) is 1.67. The molecule has 6 nitrogen and oxygen atoms in total. The first kappa shape index (κ1) is 15.8. The van der Waals surface area contributed by atoms with Gasteiger partial charge >= 0.3 is 12.1 Å². The molecule has 0 spiro atoms. The molecular formula is C13H24N2O4. The lowest BCUT2D eigenvalue weighted by Crippen LogP contribution is -2.45. The molecule has 0 aliphatic carbocycles. The molecular weight excluding hydrogens is 248 g/mol. The lowest BCUT2D eigenvalue weighted by atomic mass is 9.91. The monoisotopic (exact) mass is 272 g/mol. The van der Waals surface area contributed by atoms with E-state index in [2.05, 4.69) is 10.6 Å². The average Bonchev–Trinajstić information content (AvgIpc) is 2.26. The highest BCUT2D eigenvalue weighted by atomic mass is 16.6. The maximum Gasteiger partial charge on any atom is 0.408 e. The molecule has 1 atom stereocenters. The largest absolute Gasteiger partial charge is 0.480 e. The molecule has 0 unspecified atom stereocenters. The molecule has 1 aliphatic rings. The second-order valence-electron chi connectivity index (χ2n) is 5.97. The second kappa shape index (κ2) is 6.75. The number of alkyl carbamates (subject to hydrolysis) is 1. The minimum atomic E-state index is -1.01. The Morgan fingerprint density at radius 3 is 2.42 bits per heavy atom. The van der Waals surface area contributed by atoms with E-state index in [1.165, 1.54) is 0 Å². The van der Waals surface area contributed by atoms with Gasteiger partial charge in [-0.15, -0.1) is 0 Å². The van der Waals surface area contributed by atoms with E-state index in [1.54, 1.807) is 20.8 Å². The molecule has 1 rings (SSSR count). The summed E-state index contributed by atoms with van der Waals surface area (Å²) in [4.78, 5) is 22.8. The zero-order valence-electron chi connectivity index (χ0n) is 11.9. The smallest absolute Gasteiger partial charge is 0.408 e. The summed E-state index contributed by atoms with van der Waals surface area (Å²) < 4.78 is 5.08. The van der Waals surface area contributed by atoms with Crippen LogP contribution < -0.4 is 10.6 Å². The predicted octanol–water partition coefficient (Wildman–Crippen LogP) is 1.35. The maximum atomic E-state index is 11.6. The highest BCUT2D eigenvalue weighted by molar-refractivity contribution is 5.80. The Hall–Kier alpha value is -1.30. The number of amides is 1. The molecule has 0 saturated carbocycles. The molecule has 1 aliphatic heterocycles. The van der Waals surface area contributed by atoms with E-state index < -0.39 is 23.7 Å². The zero-order valence-corrected chi connectivity index (χ0v) is 11.9. The highest BCUT2D eigenvalue weighted by Crippen LogP contribution is 2.18. The van der Waals surface area contributed by atoms with E-state index in [4.69, 9.17) is 9.84 Å². The van der Waals surface area contributed by atoms with Gasteiger partial charge in [0.25, 0.3) is 0 Å². The summed E-state index contributed by atoms with van der Waals surface area (Å²) in [6.45, 7) is 7.05. The summed E-state index contributed by atoms with van der Waals surface area (Å²) in [5.74, 6) is -0.679. The fourth-order valence-corrected chi connectivity index (χ4v) is 2.12. The standard InChI is InChI=1S/C13H24N2O4/c1-13(2,3)19-12(18)15-10(11(16)17)8-9-4-6-14-7-5-9/h9-10,14H,4-8H2,1-3H3,(H,15,18)(H,16,17)/t10-/m1/s1. The van der Waals surface area contributed by atoms with E-state index >= 15 is 0 Å². The van der Waals surface area contributed by atoms with Gasteiger partial charge in [-0.2, -0.15) is 0 Å². The minimum absolute atomic E-state index is 0.331. The van der Waals surface area contributed by atoms with Gasteiger partial charge in [-0.05, 0) is 59.0 Å². The van der Waals surface area contributed by atoms with Crippen LogP contribution in [0.25, 0.3) is 0 Å². The van der Waals surface area contributed by atoms with Crippen LogP contribution in [0, 0.1) is 5.92 Å². The molecule has 1 fully saturated rings. The van der Waals surface area contributed by atoms with Gasteiger partial charge in [0.2, 0.25) is 0 Å². The van der Waals surface area contributed by atoms with Gasteiger partial charge < -0.3 is 20.5 Å². The Labute approximate surface area is 113 Å². The number of aliphatic carboxylic acids is 1. The SMILES string of the molecule is CC(C)(C)OC(=O)N[C@H](CC1CCNCC1)C(=O)O. The van der Waals surface area contributed by atoms with Crippen molar-refractivity contribution < 1.29 is 19.4 Å². The Balaban J connectivity index is 2.48. The quantitative estimate of drug-likeness (QED) is 0.719. The molecule has 0 radical (unpaired) electrons. The molecule has 110 valence electrons. The third-order valence-corrected chi connectivity index (χ3v) is 3.02. The fraction of sp³-hybridized carbons (Fsp3) is 0.846. The zero-order chi connectivity index (χ0) is 14.5. The Kier molecular flexibility index (Phi) is 5.60. The summed E-state index contributed by atoms with van der Waals surface area (Å²) in [6, 6.07) is -0.877. The van der Waals surface area contributed by atoms with E-state index in [1.807, 2.05) is 0 Å². The topological polar surface area (TPSA) is 87.7 Å². The van der Waals surface area contributed by atoms with Crippen LogP contribution in [0.4, 0.5) is 4.79 Å². The number of carboxylic acid groups (broad SMARTS) is 1. The van der Waals surface area contributed by atoms with Crippen molar-refractivity contribution in [1.82, 2.24) is 10.6 Å². The summed E-state index contributed by atoms with van der Waals surface area (Å²) >= 11 is 0. The Bertz CT molecular complexity index is 319. The van der Waals surface area contributed by atoms with Gasteiger partial charge in [0, 0.05) is 0 Å². The fourth-order valence-electron chi connectivity index (χ4n) is 2.12. The van der Waals surface area contributed by atoms with E-state index in [0.717, 1.165) is 25.9 Å². The molecule has 0 bridgehead atoms. The molecule has 1 heterocycles. The van der Waals surface area contributed by atoms with Crippen LogP contribution in [0.1, 0.15) is 40.0 Å². The van der Waals surface area contributed by atoms with Gasteiger partial charge in [-0.25, -0.2) is 9.59 Å². The van der Waals surface area contributed by atoms with Gasteiger partial charge in [-0.1, -0.05) is 0 Å². The number of carbonyl (C=O) groups excluding carboxylic acids is 1. The van der Waals surface area contributed by atoms with E-state index in [-0.39, 0.29) is 0 Å². The first-order chi connectivity index (χ1) is 8.78. The highest BCUT2D eigenvalue weighted by Gasteiger charge is 2.27. The van der Waals surface area contributed by atoms with Crippen molar-refractivity contribution >= 4 is 12.1 Å². The Morgan fingerprint density at radius 1 is 1.37 bits per heavy atom. The average molecular weight is 272 g/mol. The third-order valence-electron chi connectivity index (χ3n) is 3.02. The van der Waals surface area contributed by atoms with Crippen LogP contribution in [0.5, 0.6) is 0 Å². The van der Waals surface area contributed by atoms with Crippen molar-refractivity contribution in [2.45, 2.75) is 51.7 Å². The number of ether oxygens (including phenoxy) is 1. The third kappa shape index (κ3) is 6.42. The van der Waals surface area contributed by atoms with Gasteiger partial charge in [-0.3, -0.25) is 0 Å². The normalized spacial score (nSPS) is 18.7. The summed E-state index contributed by atoms with van der Waals surface area (Å²) in [5, 5.41) is 14.8. The first-order valence-corrected chi connectivity index (χ1v) is 6.71. The predicted molar refractivity (Wildman–Crippen MR) is 71.0 cm³/mol. The van der Waals surface area contributed by atoms with Crippen LogP contribution in [0.2, 0.25) is 0 Å². The first-order valence-electron chi connectivity index (χ1n) is 6.71. The molecule has 0 aromatic heterocycles. The van der Waals surface area contributed by atoms with Crippen LogP contribution in [0.3, 0.4) is 0 Å². The van der Waals surface area contributed by atoms with Crippen molar-refractivity contribution in [2.75, 3.05) is 13.1 Å². The lowest BCUT2D eigenvalue weighted by Gasteiger charge is -2.26. The number of hydrogen-bond donors (Lipinski definition) is 3. The van der Waals surface area contributed by atoms with Crippen LogP contribution in [-0.4, -0.2) is 41.9 Å². The summed E-state index contributed by atoms with van der Waals surface area (Å²) in [5.41, 5.74) is -0.623. The van der Waals surface area contributed by atoms with Crippen molar-refractivity contribution in [2.24, 2.45) is 5.92 Å². The van der Waals surface area contributed by atoms with Crippen molar-refractivity contribution in [3.8, 4) is 0 Å². The van der Waals surface area contributed by atoms with Crippen molar-refractivity contribution in [3.63, 3.8) is 0 Å². The van der Waals surface area contributed by atoms with Crippen molar-refractivity contribution in [3.05, 3.63) is 0 Å². The van der Waals surface area contributed by atoms with E-state index in [0.29, 0.717) is 12.3 Å². The van der Waals surface area contributed by atoms with Gasteiger partial charge in [0.15, 0.2) is 0 Å². The Morgan fingerprint density at radius 2 is 1.95 bits per heavy atom. The number of carbonyl (C=O) groups is 2. The van der Waals surface area contributed by atoms with Crippen molar-refractivity contribution in [1.29, 1.82) is 0 Å². The summed E-state index contributed by atoms with van der Waals surface area (Å²) in [7, 11) is 0. The number of carboxylic acids is 1.